The Morgan fingerprint density at radius 1 is 1.35 bits per heavy atom. The smallest absolute Gasteiger partial charge is 0.272 e. The highest BCUT2D eigenvalue weighted by atomic mass is 35.5. The molecule has 0 aliphatic carbocycles. The Balaban J connectivity index is 1.43. The second-order valence-corrected chi connectivity index (χ2v) is 9.45. The minimum atomic E-state index is -0.182. The molecule has 4 heterocycles. The lowest BCUT2D eigenvalue weighted by molar-refractivity contribution is -0.113. The number of anilines is 1. The third-order valence-electron chi connectivity index (χ3n) is 5.03. The molecule has 1 atom stereocenters. The minimum absolute atomic E-state index is 0.00445. The number of rotatable bonds is 6. The highest BCUT2D eigenvalue weighted by molar-refractivity contribution is 7.99. The van der Waals surface area contributed by atoms with Crippen LogP contribution in [0.25, 0.3) is 16.0 Å². The van der Waals surface area contributed by atoms with Gasteiger partial charge >= 0.3 is 0 Å². The van der Waals surface area contributed by atoms with Crippen molar-refractivity contribution in [1.82, 2.24) is 19.2 Å². The maximum absolute atomic E-state index is 13.1. The largest absolute Gasteiger partial charge is 0.376 e. The Bertz CT molecular complexity index is 1330. The zero-order chi connectivity index (χ0) is 21.4. The Hall–Kier alpha value is -2.40. The summed E-state index contributed by atoms with van der Waals surface area (Å²) in [4.78, 5) is 25.5. The van der Waals surface area contributed by atoms with Crippen molar-refractivity contribution in [3.8, 4) is 0 Å². The first-order chi connectivity index (χ1) is 15.1. The first kappa shape index (κ1) is 20.5. The Morgan fingerprint density at radius 2 is 2.26 bits per heavy atom. The second kappa shape index (κ2) is 8.62. The van der Waals surface area contributed by atoms with E-state index in [2.05, 4.69) is 15.5 Å². The van der Waals surface area contributed by atoms with E-state index in [0.29, 0.717) is 39.5 Å². The number of hydrogen-bond donors (Lipinski definition) is 1. The van der Waals surface area contributed by atoms with Gasteiger partial charge in [-0.3, -0.25) is 18.6 Å². The second-order valence-electron chi connectivity index (χ2n) is 7.15. The molecule has 0 bridgehead atoms. The van der Waals surface area contributed by atoms with Crippen LogP contribution < -0.4 is 10.9 Å². The molecular formula is C20H18ClN5O3S2. The molecule has 0 saturated carbocycles. The first-order valence-electron chi connectivity index (χ1n) is 9.75. The van der Waals surface area contributed by atoms with E-state index in [9.17, 15) is 9.59 Å². The van der Waals surface area contributed by atoms with Crippen molar-refractivity contribution in [1.29, 1.82) is 0 Å². The molecule has 1 unspecified atom stereocenters. The van der Waals surface area contributed by atoms with E-state index in [1.165, 1.54) is 23.1 Å². The summed E-state index contributed by atoms with van der Waals surface area (Å²) in [5.74, 6) is 0.423. The highest BCUT2D eigenvalue weighted by Gasteiger charge is 2.22. The maximum Gasteiger partial charge on any atom is 0.272 e. The van der Waals surface area contributed by atoms with Gasteiger partial charge in [0.1, 0.15) is 4.70 Å². The molecule has 11 heteroatoms. The van der Waals surface area contributed by atoms with E-state index < -0.39 is 0 Å². The van der Waals surface area contributed by atoms with Crippen LogP contribution in [-0.2, 0) is 16.1 Å². The third-order valence-corrected chi connectivity index (χ3v) is 7.09. The van der Waals surface area contributed by atoms with Crippen LogP contribution in [-0.4, -0.2) is 43.5 Å². The van der Waals surface area contributed by atoms with Gasteiger partial charge in [0.2, 0.25) is 11.7 Å². The number of fused-ring (bicyclic) bond motifs is 3. The van der Waals surface area contributed by atoms with Crippen LogP contribution in [0, 0.1) is 0 Å². The van der Waals surface area contributed by atoms with Gasteiger partial charge in [0, 0.05) is 17.3 Å². The monoisotopic (exact) mass is 475 g/mol. The molecule has 8 nitrogen and oxygen atoms in total. The number of amides is 1. The van der Waals surface area contributed by atoms with Crippen LogP contribution in [0.1, 0.15) is 12.8 Å². The number of hydrogen-bond acceptors (Lipinski definition) is 7. The lowest BCUT2D eigenvalue weighted by Gasteiger charge is -2.13. The summed E-state index contributed by atoms with van der Waals surface area (Å²) in [6.45, 7) is 1.15. The molecule has 1 aliphatic rings. The van der Waals surface area contributed by atoms with Gasteiger partial charge in [-0.15, -0.1) is 21.5 Å². The number of nitrogens with one attached hydrogen (secondary N) is 1. The number of carbonyl (C=O) groups is 1. The lowest BCUT2D eigenvalue weighted by atomic mass is 10.2. The normalized spacial score (nSPS) is 16.4. The minimum Gasteiger partial charge on any atom is -0.376 e. The fraction of sp³-hybridized carbons (Fsp3) is 0.300. The van der Waals surface area contributed by atoms with E-state index in [1.807, 2.05) is 15.8 Å². The van der Waals surface area contributed by atoms with Crippen molar-refractivity contribution in [2.24, 2.45) is 0 Å². The van der Waals surface area contributed by atoms with Crippen LogP contribution in [0.15, 0.2) is 45.7 Å². The summed E-state index contributed by atoms with van der Waals surface area (Å²) in [6.07, 6.45) is 1.91. The maximum atomic E-state index is 13.1. The van der Waals surface area contributed by atoms with Gasteiger partial charge in [-0.05, 0) is 42.5 Å². The molecule has 160 valence electrons. The molecule has 31 heavy (non-hydrogen) atoms. The molecular weight excluding hydrogens is 458 g/mol. The fourth-order valence-corrected chi connectivity index (χ4v) is 5.40. The molecule has 1 N–H and O–H groups in total. The van der Waals surface area contributed by atoms with Crippen LogP contribution in [0.2, 0.25) is 5.02 Å². The first-order valence-corrected chi connectivity index (χ1v) is 12.0. The summed E-state index contributed by atoms with van der Waals surface area (Å²) in [7, 11) is 0. The number of nitrogens with zero attached hydrogens (tertiary/aromatic N) is 4. The van der Waals surface area contributed by atoms with Crippen molar-refractivity contribution in [3.63, 3.8) is 0 Å². The molecule has 1 aliphatic heterocycles. The van der Waals surface area contributed by atoms with Gasteiger partial charge in [-0.25, -0.2) is 0 Å². The lowest BCUT2D eigenvalue weighted by Crippen LogP contribution is -2.28. The summed E-state index contributed by atoms with van der Waals surface area (Å²) in [5.41, 5.74) is 1.29. The van der Waals surface area contributed by atoms with Crippen molar-refractivity contribution >= 4 is 62.3 Å². The van der Waals surface area contributed by atoms with Crippen LogP contribution in [0.5, 0.6) is 0 Å². The topological polar surface area (TPSA) is 90.5 Å². The van der Waals surface area contributed by atoms with Crippen molar-refractivity contribution < 1.29 is 9.53 Å². The average molecular weight is 476 g/mol. The number of thiophene rings is 1. The SMILES string of the molecule is O=C(CSc1nnc2n(CC3CCCO3)c(=O)c3sccc3n12)Nc1cccc(Cl)c1. The number of halogens is 1. The van der Waals surface area contributed by atoms with Gasteiger partial charge < -0.3 is 10.1 Å². The van der Waals surface area contributed by atoms with E-state index in [0.717, 1.165) is 18.4 Å². The highest BCUT2D eigenvalue weighted by Crippen LogP contribution is 2.25. The predicted molar refractivity (Wildman–Crippen MR) is 122 cm³/mol. The van der Waals surface area contributed by atoms with Crippen molar-refractivity contribution in [2.75, 3.05) is 17.7 Å². The molecule has 1 saturated heterocycles. The van der Waals surface area contributed by atoms with Gasteiger partial charge in [0.25, 0.3) is 5.56 Å². The van der Waals surface area contributed by atoms with E-state index in [4.69, 9.17) is 16.3 Å². The Kier molecular flexibility index (Phi) is 5.70. The Labute approximate surface area is 190 Å². The van der Waals surface area contributed by atoms with Gasteiger partial charge in [-0.1, -0.05) is 29.4 Å². The van der Waals surface area contributed by atoms with Gasteiger partial charge in [-0.2, -0.15) is 0 Å². The summed E-state index contributed by atoms with van der Waals surface area (Å²) in [5, 5.41) is 14.4. The number of aromatic nitrogens is 4. The van der Waals surface area contributed by atoms with Crippen molar-refractivity contribution in [2.45, 2.75) is 30.6 Å². The molecule has 4 aromatic rings. The molecule has 3 aromatic heterocycles. The number of carbonyl (C=O) groups excluding carboxylic acids is 1. The van der Waals surface area contributed by atoms with E-state index in [1.54, 1.807) is 28.8 Å². The molecule has 0 radical (unpaired) electrons. The average Bonchev–Trinajstić information content (AvgIpc) is 3.50. The van der Waals surface area contributed by atoms with Gasteiger partial charge in [0.05, 0.1) is 23.9 Å². The zero-order valence-electron chi connectivity index (χ0n) is 16.3. The summed E-state index contributed by atoms with van der Waals surface area (Å²) in [6, 6.07) is 8.87. The van der Waals surface area contributed by atoms with Crippen LogP contribution in [0.4, 0.5) is 5.69 Å². The third kappa shape index (κ3) is 4.08. The fourth-order valence-electron chi connectivity index (χ4n) is 3.64. The molecule has 1 fully saturated rings. The summed E-state index contributed by atoms with van der Waals surface area (Å²) >= 11 is 8.63. The van der Waals surface area contributed by atoms with E-state index >= 15 is 0 Å². The quantitative estimate of drug-likeness (QED) is 0.428. The number of benzene rings is 1. The Morgan fingerprint density at radius 3 is 3.06 bits per heavy atom. The predicted octanol–water partition coefficient (Wildman–Crippen LogP) is 3.67. The van der Waals surface area contributed by atoms with Crippen LogP contribution in [0.3, 0.4) is 0 Å². The molecule has 1 amide bonds. The van der Waals surface area contributed by atoms with E-state index in [-0.39, 0.29) is 23.3 Å². The molecule has 0 spiro atoms. The number of ether oxygens (including phenoxy) is 1. The zero-order valence-corrected chi connectivity index (χ0v) is 18.7. The number of thioether (sulfide) groups is 1. The van der Waals surface area contributed by atoms with Gasteiger partial charge in [0.15, 0.2) is 5.16 Å². The molecule has 1 aromatic carbocycles. The van der Waals surface area contributed by atoms with Crippen molar-refractivity contribution in [3.05, 3.63) is 51.1 Å². The summed E-state index contributed by atoms with van der Waals surface area (Å²) < 4.78 is 9.84. The van der Waals surface area contributed by atoms with Crippen LogP contribution >= 0.6 is 34.7 Å². The standard InChI is InChI=1S/C20H18ClN5O3S2/c21-12-3-1-4-13(9-12)22-16(27)11-31-20-24-23-19-25(10-14-5-2-7-29-14)18(28)17-15(26(19)20)6-8-30-17/h1,3-4,6,8-9,14H,2,5,7,10-11H2,(H,22,27). The molecule has 5 rings (SSSR count).